The predicted octanol–water partition coefficient (Wildman–Crippen LogP) is 2.92. The summed E-state index contributed by atoms with van der Waals surface area (Å²) in [5, 5.41) is 14.4. The highest BCUT2D eigenvalue weighted by molar-refractivity contribution is 5.97. The van der Waals surface area contributed by atoms with Gasteiger partial charge in [-0.2, -0.15) is 23.3 Å². The van der Waals surface area contributed by atoms with Gasteiger partial charge in [-0.15, -0.1) is 0 Å². The van der Waals surface area contributed by atoms with Gasteiger partial charge in [0.2, 0.25) is 0 Å². The minimum Gasteiger partial charge on any atom is -0.459 e. The lowest BCUT2D eigenvalue weighted by atomic mass is 9.87. The average molecular weight is 316 g/mol. The van der Waals surface area contributed by atoms with Crippen LogP contribution in [0.4, 0.5) is 13.2 Å². The van der Waals surface area contributed by atoms with Crippen LogP contribution in [0.5, 0.6) is 0 Å². The van der Waals surface area contributed by atoms with E-state index in [1.807, 2.05) is 0 Å². The molecule has 1 aromatic heterocycles. The normalized spacial score (nSPS) is 29.0. The summed E-state index contributed by atoms with van der Waals surface area (Å²) in [5.41, 5.74) is -3.08. The summed E-state index contributed by atoms with van der Waals surface area (Å²) >= 11 is 0. The van der Waals surface area contributed by atoms with E-state index in [1.54, 1.807) is 0 Å². The van der Waals surface area contributed by atoms with Crippen molar-refractivity contribution in [3.8, 4) is 0 Å². The zero-order valence-electron chi connectivity index (χ0n) is 11.6. The number of nitrogens with zero attached hydrogens (tertiary/aromatic N) is 2. The van der Waals surface area contributed by atoms with Crippen LogP contribution in [0.15, 0.2) is 27.9 Å². The average Bonchev–Trinajstić information content (AvgIpc) is 3.00. The third-order valence-electron chi connectivity index (χ3n) is 4.21. The van der Waals surface area contributed by atoms with Gasteiger partial charge in [0.15, 0.2) is 5.76 Å². The Bertz CT molecular complexity index is 597. The number of fused-ring (bicyclic) bond motifs is 1. The number of carbonyl (C=O) groups is 1. The second-order valence-electron chi connectivity index (χ2n) is 5.56. The zero-order chi connectivity index (χ0) is 16.0. The Balaban J connectivity index is 2.04. The Morgan fingerprint density at radius 3 is 2.82 bits per heavy atom. The number of hydrazone groups is 1. The number of aliphatic hydroxyl groups is 1. The monoisotopic (exact) mass is 316 g/mol. The number of rotatable bonds is 1. The minimum absolute atomic E-state index is 0.150. The molecule has 1 fully saturated rings. The maximum atomic E-state index is 13.6. The molecular weight excluding hydrogens is 301 g/mol. The highest BCUT2D eigenvalue weighted by Gasteiger charge is 2.68. The highest BCUT2D eigenvalue weighted by atomic mass is 19.4. The molecule has 0 spiro atoms. The third-order valence-corrected chi connectivity index (χ3v) is 4.21. The van der Waals surface area contributed by atoms with Crippen molar-refractivity contribution >= 4 is 11.6 Å². The van der Waals surface area contributed by atoms with Crippen LogP contribution in [-0.2, 0) is 0 Å². The van der Waals surface area contributed by atoms with Crippen LogP contribution in [0.3, 0.4) is 0 Å². The molecule has 5 nitrogen and oxygen atoms in total. The smallest absolute Gasteiger partial charge is 0.439 e. The molecule has 120 valence electrons. The number of furan rings is 1. The maximum Gasteiger partial charge on any atom is 0.439 e. The van der Waals surface area contributed by atoms with Crippen molar-refractivity contribution in [1.82, 2.24) is 5.01 Å². The summed E-state index contributed by atoms with van der Waals surface area (Å²) in [7, 11) is 0. The first-order chi connectivity index (χ1) is 10.4. The minimum atomic E-state index is -5.00. The fourth-order valence-electron chi connectivity index (χ4n) is 3.10. The van der Waals surface area contributed by atoms with E-state index in [2.05, 4.69) is 5.10 Å². The summed E-state index contributed by atoms with van der Waals surface area (Å²) in [6.45, 7) is 0. The fraction of sp³-hybridized carbons (Fsp3) is 0.571. The molecule has 0 unspecified atom stereocenters. The van der Waals surface area contributed by atoms with Crippen LogP contribution in [-0.4, -0.2) is 33.6 Å². The van der Waals surface area contributed by atoms with Gasteiger partial charge in [-0.05, 0) is 31.4 Å². The molecule has 0 aromatic carbocycles. The molecule has 1 N–H and O–H groups in total. The van der Waals surface area contributed by atoms with Crippen LogP contribution in [0, 0.1) is 5.92 Å². The molecular formula is C14H15F3N2O3. The molecule has 0 radical (unpaired) electrons. The van der Waals surface area contributed by atoms with Gasteiger partial charge in [-0.1, -0.05) is 12.8 Å². The van der Waals surface area contributed by atoms with Gasteiger partial charge >= 0.3 is 12.1 Å². The van der Waals surface area contributed by atoms with Crippen molar-refractivity contribution in [2.24, 2.45) is 11.0 Å². The largest absolute Gasteiger partial charge is 0.459 e. The molecule has 0 saturated heterocycles. The lowest BCUT2D eigenvalue weighted by molar-refractivity contribution is -0.312. The van der Waals surface area contributed by atoms with Gasteiger partial charge in [0.1, 0.15) is 0 Å². The molecule has 1 aromatic rings. The van der Waals surface area contributed by atoms with Gasteiger partial charge in [0, 0.05) is 5.71 Å². The number of carbonyl (C=O) groups excluding carboxylic acids is 1. The lowest BCUT2D eigenvalue weighted by Crippen LogP contribution is -2.61. The SMILES string of the molecule is O=C(c1ccco1)N1N=C2CCCCC[C@H]2[C@]1(O)C(F)(F)F. The molecule has 3 rings (SSSR count). The molecule has 0 bridgehead atoms. The maximum absolute atomic E-state index is 13.6. The Labute approximate surface area is 124 Å². The standard InChI is InChI=1S/C14H15F3N2O3/c15-14(16,17)13(21)9-5-2-1-3-6-10(9)18-19(13)12(20)11-7-4-8-22-11/h4,7-9,21H,1-3,5-6H2/t9-,13+/m1/s1. The van der Waals surface area contributed by atoms with Crippen LogP contribution < -0.4 is 0 Å². The third kappa shape index (κ3) is 2.13. The van der Waals surface area contributed by atoms with E-state index < -0.39 is 23.7 Å². The second-order valence-corrected chi connectivity index (χ2v) is 5.56. The molecule has 1 saturated carbocycles. The Morgan fingerprint density at radius 1 is 1.41 bits per heavy atom. The van der Waals surface area contributed by atoms with Crippen molar-refractivity contribution in [3.05, 3.63) is 24.2 Å². The Morgan fingerprint density at radius 2 is 2.18 bits per heavy atom. The zero-order valence-corrected chi connectivity index (χ0v) is 11.6. The summed E-state index contributed by atoms with van der Waals surface area (Å²) in [6.07, 6.45) is -1.27. The molecule has 8 heteroatoms. The molecule has 2 heterocycles. The number of halogens is 3. The van der Waals surface area contributed by atoms with Crippen molar-refractivity contribution in [2.45, 2.75) is 44.0 Å². The van der Waals surface area contributed by atoms with Crippen molar-refractivity contribution in [2.75, 3.05) is 0 Å². The van der Waals surface area contributed by atoms with E-state index in [0.717, 1.165) is 6.42 Å². The summed E-state index contributed by atoms with van der Waals surface area (Å²) in [5.74, 6) is -2.59. The number of alkyl halides is 3. The van der Waals surface area contributed by atoms with E-state index in [0.29, 0.717) is 19.3 Å². The molecule has 2 aliphatic rings. The summed E-state index contributed by atoms with van der Waals surface area (Å²) in [4.78, 5) is 12.3. The van der Waals surface area contributed by atoms with Gasteiger partial charge in [0.25, 0.3) is 5.72 Å². The first kappa shape index (κ1) is 15.1. The van der Waals surface area contributed by atoms with Crippen molar-refractivity contribution < 1.29 is 27.5 Å². The molecule has 1 aliphatic carbocycles. The molecule has 1 amide bonds. The Kier molecular flexibility index (Phi) is 3.51. The van der Waals surface area contributed by atoms with Crippen LogP contribution in [0.1, 0.15) is 42.7 Å². The van der Waals surface area contributed by atoms with Crippen molar-refractivity contribution in [3.63, 3.8) is 0 Å². The summed E-state index contributed by atoms with van der Waals surface area (Å²) < 4.78 is 45.5. The predicted molar refractivity (Wildman–Crippen MR) is 69.9 cm³/mol. The van der Waals surface area contributed by atoms with E-state index in [4.69, 9.17) is 4.42 Å². The van der Waals surface area contributed by atoms with Crippen molar-refractivity contribution in [1.29, 1.82) is 0 Å². The van der Waals surface area contributed by atoms with E-state index in [1.165, 1.54) is 18.4 Å². The van der Waals surface area contributed by atoms with Crippen LogP contribution >= 0.6 is 0 Å². The molecule has 22 heavy (non-hydrogen) atoms. The van der Waals surface area contributed by atoms with Crippen LogP contribution in [0.25, 0.3) is 0 Å². The van der Waals surface area contributed by atoms with Gasteiger partial charge in [-0.25, -0.2) is 0 Å². The van der Waals surface area contributed by atoms with E-state index in [9.17, 15) is 23.1 Å². The molecule has 1 aliphatic heterocycles. The van der Waals surface area contributed by atoms with Crippen LogP contribution in [0.2, 0.25) is 0 Å². The highest BCUT2D eigenvalue weighted by Crippen LogP contribution is 2.47. The molecule has 2 atom stereocenters. The summed E-state index contributed by atoms with van der Waals surface area (Å²) in [6, 6.07) is 2.63. The first-order valence-electron chi connectivity index (χ1n) is 7.10. The second kappa shape index (κ2) is 5.12. The number of hydrogen-bond donors (Lipinski definition) is 1. The topological polar surface area (TPSA) is 66.0 Å². The van der Waals surface area contributed by atoms with E-state index in [-0.39, 0.29) is 22.9 Å². The fourth-order valence-corrected chi connectivity index (χ4v) is 3.10. The van der Waals surface area contributed by atoms with Gasteiger partial charge < -0.3 is 9.52 Å². The lowest BCUT2D eigenvalue weighted by Gasteiger charge is -2.36. The Hall–Kier alpha value is -1.83. The first-order valence-corrected chi connectivity index (χ1v) is 7.10. The van der Waals surface area contributed by atoms with Gasteiger partial charge in [-0.3, -0.25) is 4.79 Å². The van der Waals surface area contributed by atoms with E-state index >= 15 is 0 Å². The quantitative estimate of drug-likeness (QED) is 0.866. The number of hydrogen-bond acceptors (Lipinski definition) is 4. The van der Waals surface area contributed by atoms with Gasteiger partial charge in [0.05, 0.1) is 12.2 Å². The number of amides is 1.